The highest BCUT2D eigenvalue weighted by atomic mass is 79.9. The number of hydrogen-bond acceptors (Lipinski definition) is 1. The van der Waals surface area contributed by atoms with Gasteiger partial charge in [0.1, 0.15) is 0 Å². The van der Waals surface area contributed by atoms with Gasteiger partial charge in [0.25, 0.3) is 0 Å². The quantitative estimate of drug-likeness (QED) is 0.533. The summed E-state index contributed by atoms with van der Waals surface area (Å²) in [5, 5.41) is 1.17. The third-order valence-electron chi connectivity index (χ3n) is 2.85. The molecule has 0 radical (unpaired) electrons. The first kappa shape index (κ1) is 11.5. The zero-order valence-electron chi connectivity index (χ0n) is 8.77. The van der Waals surface area contributed by atoms with Gasteiger partial charge in [-0.3, -0.25) is 0 Å². The molecule has 1 saturated heterocycles. The monoisotopic (exact) mass is 247 g/mol. The Morgan fingerprint density at radius 2 is 2.15 bits per heavy atom. The Bertz CT molecular complexity index is 127. The van der Waals surface area contributed by atoms with Crippen LogP contribution in [-0.4, -0.2) is 29.9 Å². The van der Waals surface area contributed by atoms with Crippen molar-refractivity contribution in [1.82, 2.24) is 4.90 Å². The Morgan fingerprint density at radius 1 is 1.31 bits per heavy atom. The summed E-state index contributed by atoms with van der Waals surface area (Å²) in [6.07, 6.45) is 6.97. The lowest BCUT2D eigenvalue weighted by atomic mass is 10.00. The fourth-order valence-electron chi connectivity index (χ4n) is 2.10. The minimum atomic E-state index is 0.935. The smallest absolute Gasteiger partial charge is 0.00313 e. The summed E-state index contributed by atoms with van der Waals surface area (Å²) in [7, 11) is 0. The number of rotatable bonds is 5. The number of likely N-dealkylation sites (tertiary alicyclic amines) is 1. The highest BCUT2D eigenvalue weighted by Crippen LogP contribution is 2.15. The van der Waals surface area contributed by atoms with Gasteiger partial charge < -0.3 is 4.90 Å². The van der Waals surface area contributed by atoms with Gasteiger partial charge >= 0.3 is 0 Å². The van der Waals surface area contributed by atoms with Crippen LogP contribution in [0.15, 0.2) is 0 Å². The van der Waals surface area contributed by atoms with E-state index in [0.717, 1.165) is 5.92 Å². The molecule has 1 atom stereocenters. The van der Waals surface area contributed by atoms with Gasteiger partial charge in [-0.05, 0) is 44.7 Å². The van der Waals surface area contributed by atoms with E-state index < -0.39 is 0 Å². The van der Waals surface area contributed by atoms with Crippen LogP contribution in [-0.2, 0) is 0 Å². The maximum atomic E-state index is 3.47. The van der Waals surface area contributed by atoms with E-state index in [-0.39, 0.29) is 0 Å². The minimum Gasteiger partial charge on any atom is -0.303 e. The normalized spacial score (nSPS) is 24.9. The van der Waals surface area contributed by atoms with Crippen LogP contribution in [0.1, 0.15) is 39.0 Å². The number of halogens is 1. The van der Waals surface area contributed by atoms with Gasteiger partial charge in [0, 0.05) is 11.9 Å². The maximum Gasteiger partial charge on any atom is 0.00313 e. The van der Waals surface area contributed by atoms with E-state index in [2.05, 4.69) is 27.8 Å². The van der Waals surface area contributed by atoms with Gasteiger partial charge in [0.2, 0.25) is 0 Å². The van der Waals surface area contributed by atoms with Crippen molar-refractivity contribution in [2.75, 3.05) is 25.0 Å². The number of alkyl halides is 1. The molecule has 0 saturated carbocycles. The van der Waals surface area contributed by atoms with Crippen molar-refractivity contribution in [3.63, 3.8) is 0 Å². The van der Waals surface area contributed by atoms with Crippen LogP contribution < -0.4 is 0 Å². The van der Waals surface area contributed by atoms with E-state index >= 15 is 0 Å². The third-order valence-corrected chi connectivity index (χ3v) is 3.41. The Kier molecular flexibility index (Phi) is 6.05. The summed E-state index contributed by atoms with van der Waals surface area (Å²) in [5.41, 5.74) is 0. The molecular weight excluding hydrogens is 226 g/mol. The van der Waals surface area contributed by atoms with E-state index in [0.29, 0.717) is 0 Å². The SMILES string of the molecule is CC1CCCN(CCCCCBr)C1. The molecule has 0 amide bonds. The molecule has 0 aliphatic carbocycles. The minimum absolute atomic E-state index is 0.935. The molecule has 0 N–H and O–H groups in total. The molecule has 0 aromatic heterocycles. The predicted octanol–water partition coefficient (Wildman–Crippen LogP) is 3.28. The molecule has 1 heterocycles. The van der Waals surface area contributed by atoms with E-state index in [9.17, 15) is 0 Å². The second kappa shape index (κ2) is 6.83. The molecule has 0 aromatic rings. The molecule has 1 rings (SSSR count). The number of piperidine rings is 1. The average molecular weight is 248 g/mol. The molecule has 1 aliphatic rings. The lowest BCUT2D eigenvalue weighted by Crippen LogP contribution is -2.34. The van der Waals surface area contributed by atoms with Gasteiger partial charge in [-0.15, -0.1) is 0 Å². The molecule has 1 nitrogen and oxygen atoms in total. The van der Waals surface area contributed by atoms with Crippen LogP contribution in [0.5, 0.6) is 0 Å². The van der Waals surface area contributed by atoms with Crippen molar-refractivity contribution in [3.05, 3.63) is 0 Å². The summed E-state index contributed by atoms with van der Waals surface area (Å²) in [6.45, 7) is 6.40. The van der Waals surface area contributed by atoms with Gasteiger partial charge in [0.15, 0.2) is 0 Å². The Morgan fingerprint density at radius 3 is 2.85 bits per heavy atom. The van der Waals surface area contributed by atoms with E-state index in [1.807, 2.05) is 0 Å². The Hall–Kier alpha value is 0.440. The lowest BCUT2D eigenvalue weighted by Gasteiger charge is -2.30. The first-order valence-corrected chi connectivity index (χ1v) is 6.73. The lowest BCUT2D eigenvalue weighted by molar-refractivity contribution is 0.181. The van der Waals surface area contributed by atoms with Crippen LogP contribution in [0.3, 0.4) is 0 Å². The maximum absolute atomic E-state index is 3.47. The van der Waals surface area contributed by atoms with Crippen LogP contribution in [0, 0.1) is 5.92 Å². The van der Waals surface area contributed by atoms with Crippen LogP contribution >= 0.6 is 15.9 Å². The summed E-state index contributed by atoms with van der Waals surface area (Å²) in [4.78, 5) is 2.64. The average Bonchev–Trinajstić information content (AvgIpc) is 2.13. The molecule has 1 unspecified atom stereocenters. The van der Waals surface area contributed by atoms with E-state index in [4.69, 9.17) is 0 Å². The highest BCUT2D eigenvalue weighted by Gasteiger charge is 2.14. The van der Waals surface area contributed by atoms with Crippen LogP contribution in [0.25, 0.3) is 0 Å². The van der Waals surface area contributed by atoms with E-state index in [1.54, 1.807) is 0 Å². The number of hydrogen-bond donors (Lipinski definition) is 0. The zero-order chi connectivity index (χ0) is 9.52. The van der Waals surface area contributed by atoms with E-state index in [1.165, 1.54) is 57.1 Å². The third kappa shape index (κ3) is 5.02. The summed E-state index contributed by atoms with van der Waals surface area (Å²) < 4.78 is 0. The first-order chi connectivity index (χ1) is 6.33. The Balaban J connectivity index is 2.00. The molecule has 78 valence electrons. The topological polar surface area (TPSA) is 3.24 Å². The van der Waals surface area contributed by atoms with Crippen molar-refractivity contribution in [2.24, 2.45) is 5.92 Å². The van der Waals surface area contributed by atoms with Gasteiger partial charge in [-0.2, -0.15) is 0 Å². The van der Waals surface area contributed by atoms with Crippen LogP contribution in [0.4, 0.5) is 0 Å². The van der Waals surface area contributed by atoms with Crippen molar-refractivity contribution in [2.45, 2.75) is 39.0 Å². The van der Waals surface area contributed by atoms with Crippen molar-refractivity contribution in [1.29, 1.82) is 0 Å². The largest absolute Gasteiger partial charge is 0.303 e. The number of nitrogens with zero attached hydrogens (tertiary/aromatic N) is 1. The van der Waals surface area contributed by atoms with Crippen molar-refractivity contribution >= 4 is 15.9 Å². The molecule has 1 aliphatic heterocycles. The standard InChI is InChI=1S/C11H22BrN/c1-11-6-5-9-13(10-11)8-4-2-3-7-12/h11H,2-10H2,1H3. The fraction of sp³-hybridized carbons (Fsp3) is 1.00. The predicted molar refractivity (Wildman–Crippen MR) is 62.5 cm³/mol. The summed E-state index contributed by atoms with van der Waals surface area (Å²) in [6, 6.07) is 0. The van der Waals surface area contributed by atoms with Gasteiger partial charge in [-0.25, -0.2) is 0 Å². The number of unbranched alkanes of at least 4 members (excludes halogenated alkanes) is 2. The Labute approximate surface area is 91.0 Å². The van der Waals surface area contributed by atoms with Crippen molar-refractivity contribution in [3.8, 4) is 0 Å². The molecule has 0 aromatic carbocycles. The molecule has 0 spiro atoms. The summed E-state index contributed by atoms with van der Waals surface area (Å²) in [5.74, 6) is 0.935. The van der Waals surface area contributed by atoms with Gasteiger partial charge in [0.05, 0.1) is 0 Å². The molecule has 2 heteroatoms. The molecule has 13 heavy (non-hydrogen) atoms. The second-order valence-electron chi connectivity index (χ2n) is 4.30. The molecular formula is C11H22BrN. The van der Waals surface area contributed by atoms with Crippen molar-refractivity contribution < 1.29 is 0 Å². The zero-order valence-corrected chi connectivity index (χ0v) is 10.4. The first-order valence-electron chi connectivity index (χ1n) is 5.61. The molecule has 1 fully saturated rings. The highest BCUT2D eigenvalue weighted by molar-refractivity contribution is 9.09. The summed E-state index contributed by atoms with van der Waals surface area (Å²) >= 11 is 3.47. The van der Waals surface area contributed by atoms with Crippen LogP contribution in [0.2, 0.25) is 0 Å². The second-order valence-corrected chi connectivity index (χ2v) is 5.09. The molecule has 0 bridgehead atoms. The fourth-order valence-corrected chi connectivity index (χ4v) is 2.49. The van der Waals surface area contributed by atoms with Gasteiger partial charge in [-0.1, -0.05) is 29.3 Å².